The highest BCUT2D eigenvalue weighted by Gasteiger charge is 1.99. The van der Waals surface area contributed by atoms with Crippen molar-refractivity contribution in [3.63, 3.8) is 0 Å². The van der Waals surface area contributed by atoms with Crippen LogP contribution in [0.15, 0.2) is 12.2 Å². The van der Waals surface area contributed by atoms with Crippen LogP contribution in [0.5, 0.6) is 0 Å². The monoisotopic (exact) mass is 220 g/mol. The van der Waals surface area contributed by atoms with Gasteiger partial charge in [-0.1, -0.05) is 6.58 Å². The number of hydrogen-bond acceptors (Lipinski definition) is 4. The lowest BCUT2D eigenvalue weighted by molar-refractivity contribution is -0.132. The molecule has 3 N–H and O–H groups in total. The Morgan fingerprint density at radius 2 is 2.00 bits per heavy atom. The number of ether oxygens (including phenoxy) is 1. The van der Waals surface area contributed by atoms with E-state index in [1.54, 1.807) is 7.11 Å². The first kappa shape index (κ1) is 16.5. The summed E-state index contributed by atoms with van der Waals surface area (Å²) in [7, 11) is 1.62. The Bertz CT molecular complexity index is 167. The minimum Gasteiger partial charge on any atom is -0.478 e. The van der Waals surface area contributed by atoms with Crippen molar-refractivity contribution < 1.29 is 24.9 Å². The Hall–Kier alpha value is -0.910. The van der Waals surface area contributed by atoms with Crippen LogP contribution in [0.25, 0.3) is 0 Å². The molecule has 0 amide bonds. The molecule has 0 aliphatic heterocycles. The quantitative estimate of drug-likeness (QED) is 0.446. The average Bonchev–Trinajstić information content (AvgIpc) is 2.18. The summed E-state index contributed by atoms with van der Waals surface area (Å²) in [5.74, 6) is -0.935. The van der Waals surface area contributed by atoms with E-state index < -0.39 is 12.1 Å². The standard InChI is InChI=1S/C6H14O3.C4H6O2/c1-9-4-2-3-6(8)5-7;1-3(2)4(5)6/h6-8H,2-5H2,1H3;1H2,2H3,(H,5,6). The topological polar surface area (TPSA) is 87.0 Å². The third-order valence-electron chi connectivity index (χ3n) is 1.46. The predicted molar refractivity (Wildman–Crippen MR) is 56.7 cm³/mol. The molecule has 0 saturated carbocycles. The summed E-state index contributed by atoms with van der Waals surface area (Å²) >= 11 is 0. The molecule has 0 fully saturated rings. The first-order valence-electron chi connectivity index (χ1n) is 4.62. The summed E-state index contributed by atoms with van der Waals surface area (Å²) in [5, 5.41) is 25.0. The average molecular weight is 220 g/mol. The summed E-state index contributed by atoms with van der Waals surface area (Å²) in [4.78, 5) is 9.60. The zero-order valence-corrected chi connectivity index (χ0v) is 9.27. The van der Waals surface area contributed by atoms with Crippen molar-refractivity contribution in [3.05, 3.63) is 12.2 Å². The normalized spacial score (nSPS) is 11.2. The zero-order chi connectivity index (χ0) is 12.3. The van der Waals surface area contributed by atoms with Crippen molar-refractivity contribution in [2.45, 2.75) is 25.9 Å². The van der Waals surface area contributed by atoms with Crippen LogP contribution >= 0.6 is 0 Å². The predicted octanol–water partition coefficient (Wildman–Crippen LogP) is 0.413. The van der Waals surface area contributed by atoms with E-state index in [2.05, 4.69) is 6.58 Å². The van der Waals surface area contributed by atoms with E-state index >= 15 is 0 Å². The number of methoxy groups -OCH3 is 1. The molecule has 0 aliphatic carbocycles. The molecule has 0 aromatic carbocycles. The van der Waals surface area contributed by atoms with E-state index in [9.17, 15) is 4.79 Å². The smallest absolute Gasteiger partial charge is 0.330 e. The fourth-order valence-corrected chi connectivity index (χ4v) is 0.555. The second-order valence-corrected chi connectivity index (χ2v) is 3.06. The molecule has 5 nitrogen and oxygen atoms in total. The molecule has 0 saturated heterocycles. The van der Waals surface area contributed by atoms with Gasteiger partial charge in [0.25, 0.3) is 0 Å². The van der Waals surface area contributed by atoms with Gasteiger partial charge in [-0.3, -0.25) is 0 Å². The number of aliphatic hydroxyl groups excluding tert-OH is 2. The first-order valence-corrected chi connectivity index (χ1v) is 4.62. The number of carboxylic acids is 1. The molecule has 1 unspecified atom stereocenters. The van der Waals surface area contributed by atoms with Gasteiger partial charge in [0.05, 0.1) is 12.7 Å². The summed E-state index contributed by atoms with van der Waals surface area (Å²) in [6, 6.07) is 0. The molecule has 0 radical (unpaired) electrons. The molecule has 0 aromatic rings. The van der Waals surface area contributed by atoms with Crippen molar-refractivity contribution >= 4 is 5.97 Å². The highest BCUT2D eigenvalue weighted by atomic mass is 16.5. The van der Waals surface area contributed by atoms with Gasteiger partial charge in [0.2, 0.25) is 0 Å². The second-order valence-electron chi connectivity index (χ2n) is 3.06. The van der Waals surface area contributed by atoms with Gasteiger partial charge in [-0.2, -0.15) is 0 Å². The fourth-order valence-electron chi connectivity index (χ4n) is 0.555. The van der Waals surface area contributed by atoms with Crippen LogP contribution in [0.1, 0.15) is 19.8 Å². The van der Waals surface area contributed by atoms with Gasteiger partial charge in [0, 0.05) is 19.3 Å². The van der Waals surface area contributed by atoms with Crippen molar-refractivity contribution in [1.82, 2.24) is 0 Å². The molecule has 0 aliphatic rings. The molecule has 0 heterocycles. The number of rotatable bonds is 6. The Kier molecular flexibility index (Phi) is 12.3. The minimum absolute atomic E-state index is 0.149. The highest BCUT2D eigenvalue weighted by Crippen LogP contribution is 1.94. The lowest BCUT2D eigenvalue weighted by Crippen LogP contribution is -2.12. The van der Waals surface area contributed by atoms with Crippen LogP contribution in [0.3, 0.4) is 0 Å². The Labute approximate surface area is 90.0 Å². The van der Waals surface area contributed by atoms with Crippen LogP contribution in [-0.4, -0.2) is 47.7 Å². The van der Waals surface area contributed by atoms with Crippen molar-refractivity contribution in [1.29, 1.82) is 0 Å². The molecule has 0 spiro atoms. The Morgan fingerprint density at radius 1 is 1.53 bits per heavy atom. The molecule has 0 bridgehead atoms. The second kappa shape index (κ2) is 11.2. The number of hydrogen-bond donors (Lipinski definition) is 3. The summed E-state index contributed by atoms with van der Waals surface area (Å²) in [6.07, 6.45) is 0.850. The van der Waals surface area contributed by atoms with Crippen LogP contribution in [0.4, 0.5) is 0 Å². The zero-order valence-electron chi connectivity index (χ0n) is 9.27. The van der Waals surface area contributed by atoms with E-state index in [0.29, 0.717) is 13.0 Å². The largest absolute Gasteiger partial charge is 0.478 e. The maximum absolute atomic E-state index is 9.60. The molecule has 1 atom stereocenters. The fraction of sp³-hybridized carbons (Fsp3) is 0.700. The molecular formula is C10H20O5. The molecule has 90 valence electrons. The van der Waals surface area contributed by atoms with Crippen molar-refractivity contribution in [3.8, 4) is 0 Å². The molecular weight excluding hydrogens is 200 g/mol. The van der Waals surface area contributed by atoms with E-state index in [0.717, 1.165) is 6.42 Å². The maximum Gasteiger partial charge on any atom is 0.330 e. The van der Waals surface area contributed by atoms with E-state index in [1.165, 1.54) is 6.92 Å². The van der Waals surface area contributed by atoms with Crippen LogP contribution in [0, 0.1) is 0 Å². The third-order valence-corrected chi connectivity index (χ3v) is 1.46. The molecule has 5 heteroatoms. The van der Waals surface area contributed by atoms with Gasteiger partial charge in [0.1, 0.15) is 0 Å². The summed E-state index contributed by atoms with van der Waals surface area (Å²) in [5.41, 5.74) is 0.176. The van der Waals surface area contributed by atoms with Crippen LogP contribution < -0.4 is 0 Å². The maximum atomic E-state index is 9.60. The van der Waals surface area contributed by atoms with E-state index in [4.69, 9.17) is 20.1 Å². The molecule has 15 heavy (non-hydrogen) atoms. The molecule has 0 aromatic heterocycles. The Balaban J connectivity index is 0. The third kappa shape index (κ3) is 15.8. The first-order chi connectivity index (χ1) is 6.95. The van der Waals surface area contributed by atoms with Crippen molar-refractivity contribution in [2.75, 3.05) is 20.3 Å². The molecule has 0 rings (SSSR count). The van der Waals surface area contributed by atoms with Gasteiger partial charge < -0.3 is 20.1 Å². The number of carbonyl (C=O) groups is 1. The van der Waals surface area contributed by atoms with Gasteiger partial charge in [0.15, 0.2) is 0 Å². The number of aliphatic hydroxyl groups is 2. The summed E-state index contributed by atoms with van der Waals surface area (Å²) in [6.45, 7) is 5.10. The van der Waals surface area contributed by atoms with Crippen molar-refractivity contribution in [2.24, 2.45) is 0 Å². The number of aliphatic carboxylic acids is 1. The van der Waals surface area contributed by atoms with E-state index in [1.807, 2.05) is 0 Å². The lowest BCUT2D eigenvalue weighted by Gasteiger charge is -2.04. The lowest BCUT2D eigenvalue weighted by atomic mass is 10.2. The highest BCUT2D eigenvalue weighted by molar-refractivity contribution is 5.84. The Morgan fingerprint density at radius 3 is 2.27 bits per heavy atom. The van der Waals surface area contributed by atoms with Gasteiger partial charge in [-0.25, -0.2) is 4.79 Å². The van der Waals surface area contributed by atoms with Gasteiger partial charge in [-0.05, 0) is 19.8 Å². The van der Waals surface area contributed by atoms with Crippen LogP contribution in [0.2, 0.25) is 0 Å². The minimum atomic E-state index is -0.935. The van der Waals surface area contributed by atoms with Crippen LogP contribution in [-0.2, 0) is 9.53 Å². The number of carboxylic acid groups (broad SMARTS) is 1. The van der Waals surface area contributed by atoms with Gasteiger partial charge >= 0.3 is 5.97 Å². The summed E-state index contributed by atoms with van der Waals surface area (Å²) < 4.78 is 4.74. The SMILES string of the molecule is C=C(C)C(=O)O.COCCCC(O)CO. The van der Waals surface area contributed by atoms with E-state index in [-0.39, 0.29) is 12.2 Å². The van der Waals surface area contributed by atoms with Gasteiger partial charge in [-0.15, -0.1) is 0 Å².